The van der Waals surface area contributed by atoms with Crippen molar-refractivity contribution < 1.29 is 23.1 Å². The molecule has 2 N–H and O–H groups in total. The molecule has 0 aliphatic heterocycles. The summed E-state index contributed by atoms with van der Waals surface area (Å²) in [4.78, 5) is 21.6. The molecule has 0 rings (SSSR count). The quantitative estimate of drug-likeness (QED) is 0.633. The van der Waals surface area contributed by atoms with Gasteiger partial charge in [-0.25, -0.2) is 8.42 Å². The summed E-state index contributed by atoms with van der Waals surface area (Å²) in [6.07, 6.45) is 1.33. The minimum absolute atomic E-state index is 0.0415. The number of aliphatic carboxylic acids is 1. The Morgan fingerprint density at radius 3 is 2.27 bits per heavy atom. The normalized spacial score (nSPS) is 13.2. The van der Waals surface area contributed by atoms with Crippen LogP contribution >= 0.6 is 0 Å². The third-order valence-electron chi connectivity index (χ3n) is 1.78. The molecule has 0 aliphatic rings. The number of rotatable bonds is 6. The molecule has 0 heterocycles. The second-order valence-corrected chi connectivity index (χ2v) is 5.46. The minimum atomic E-state index is -3.36. The summed E-state index contributed by atoms with van der Waals surface area (Å²) in [5, 5.41) is 10.9. The third kappa shape index (κ3) is 6.89. The van der Waals surface area contributed by atoms with E-state index in [1.54, 1.807) is 6.92 Å². The molecule has 0 aromatic heterocycles. The molecule has 15 heavy (non-hydrogen) atoms. The summed E-state index contributed by atoms with van der Waals surface area (Å²) in [5.41, 5.74) is 0. The van der Waals surface area contributed by atoms with E-state index in [0.29, 0.717) is 6.42 Å². The molecule has 0 saturated heterocycles. The summed E-state index contributed by atoms with van der Waals surface area (Å²) in [5.74, 6) is -2.95. The largest absolute Gasteiger partial charge is 0.481 e. The van der Waals surface area contributed by atoms with Crippen molar-refractivity contribution >= 4 is 21.7 Å². The Hall–Kier alpha value is -1.11. The number of carbonyl (C=O) groups is 2. The first-order chi connectivity index (χ1) is 6.76. The lowest BCUT2D eigenvalue weighted by molar-refractivity contribution is -0.141. The fourth-order valence-corrected chi connectivity index (χ4v) is 1.51. The Kier molecular flexibility index (Phi) is 5.27. The van der Waals surface area contributed by atoms with Crippen LogP contribution in [-0.4, -0.2) is 44.0 Å². The molecular formula is C8H15NO5S. The number of hydrogen-bond acceptors (Lipinski definition) is 4. The van der Waals surface area contributed by atoms with E-state index in [1.807, 2.05) is 0 Å². The van der Waals surface area contributed by atoms with Gasteiger partial charge in [-0.15, -0.1) is 0 Å². The van der Waals surface area contributed by atoms with Crippen LogP contribution in [0.25, 0.3) is 0 Å². The Morgan fingerprint density at radius 2 is 1.93 bits per heavy atom. The summed E-state index contributed by atoms with van der Waals surface area (Å²) in [6, 6.07) is 0. The van der Waals surface area contributed by atoms with Gasteiger partial charge < -0.3 is 10.4 Å². The van der Waals surface area contributed by atoms with E-state index in [4.69, 9.17) is 5.11 Å². The maximum absolute atomic E-state index is 11.0. The van der Waals surface area contributed by atoms with Crippen LogP contribution in [0.4, 0.5) is 0 Å². The van der Waals surface area contributed by atoms with E-state index in [0.717, 1.165) is 6.26 Å². The Morgan fingerprint density at radius 1 is 1.40 bits per heavy atom. The molecule has 0 saturated carbocycles. The summed E-state index contributed by atoms with van der Waals surface area (Å²) >= 11 is 0. The van der Waals surface area contributed by atoms with E-state index in [-0.39, 0.29) is 6.54 Å². The summed E-state index contributed by atoms with van der Waals surface area (Å²) in [6.45, 7) is 1.64. The van der Waals surface area contributed by atoms with Crippen LogP contribution in [0, 0.1) is 5.92 Å². The zero-order valence-corrected chi connectivity index (χ0v) is 9.50. The number of carboxylic acids is 1. The van der Waals surface area contributed by atoms with Gasteiger partial charge in [-0.3, -0.25) is 9.59 Å². The lowest BCUT2D eigenvalue weighted by Gasteiger charge is -2.10. The molecule has 7 heteroatoms. The van der Waals surface area contributed by atoms with Crippen LogP contribution in [0.2, 0.25) is 0 Å². The Balaban J connectivity index is 4.05. The van der Waals surface area contributed by atoms with Crippen molar-refractivity contribution in [2.75, 3.05) is 18.6 Å². The highest BCUT2D eigenvalue weighted by molar-refractivity contribution is 7.91. The van der Waals surface area contributed by atoms with E-state index < -0.39 is 33.4 Å². The first-order valence-corrected chi connectivity index (χ1v) is 6.49. The van der Waals surface area contributed by atoms with Crippen LogP contribution in [-0.2, 0) is 19.4 Å². The smallest absolute Gasteiger partial charge is 0.308 e. The second kappa shape index (κ2) is 5.69. The van der Waals surface area contributed by atoms with Gasteiger partial charge in [0.1, 0.15) is 5.75 Å². The maximum Gasteiger partial charge on any atom is 0.308 e. The summed E-state index contributed by atoms with van der Waals surface area (Å²) in [7, 11) is -3.36. The molecule has 0 bridgehead atoms. The van der Waals surface area contributed by atoms with E-state index in [1.165, 1.54) is 0 Å². The van der Waals surface area contributed by atoms with Crippen molar-refractivity contribution in [1.82, 2.24) is 5.32 Å². The average molecular weight is 237 g/mol. The molecule has 0 spiro atoms. The van der Waals surface area contributed by atoms with Gasteiger partial charge in [0.15, 0.2) is 9.84 Å². The topological polar surface area (TPSA) is 101 Å². The second-order valence-electron chi connectivity index (χ2n) is 3.32. The highest BCUT2D eigenvalue weighted by Crippen LogP contribution is 2.00. The molecule has 0 aromatic rings. The third-order valence-corrected chi connectivity index (χ3v) is 2.57. The van der Waals surface area contributed by atoms with Crippen molar-refractivity contribution in [1.29, 1.82) is 0 Å². The van der Waals surface area contributed by atoms with Crippen molar-refractivity contribution in [3.05, 3.63) is 0 Å². The fourth-order valence-electron chi connectivity index (χ4n) is 0.932. The molecule has 1 unspecified atom stereocenters. The predicted molar refractivity (Wildman–Crippen MR) is 54.1 cm³/mol. The standard InChI is InChI=1S/C8H15NO5S/c1-3-6(8(11)12)4-9-7(10)5-15(2,13)14/h6H,3-5H2,1-2H3,(H,9,10)(H,11,12). The van der Waals surface area contributed by atoms with Gasteiger partial charge in [-0.1, -0.05) is 6.92 Å². The molecule has 1 amide bonds. The van der Waals surface area contributed by atoms with Crippen LogP contribution in [0.15, 0.2) is 0 Å². The zero-order chi connectivity index (χ0) is 12.1. The predicted octanol–water partition coefficient (Wildman–Crippen LogP) is -0.742. The molecule has 0 aromatic carbocycles. The first kappa shape index (κ1) is 13.9. The summed E-state index contributed by atoms with van der Waals surface area (Å²) < 4.78 is 21.4. The number of sulfone groups is 1. The number of hydrogen-bond donors (Lipinski definition) is 2. The van der Waals surface area contributed by atoms with Crippen LogP contribution in [0.1, 0.15) is 13.3 Å². The van der Waals surface area contributed by atoms with Gasteiger partial charge >= 0.3 is 5.97 Å². The Bertz CT molecular complexity index is 335. The van der Waals surface area contributed by atoms with Crippen LogP contribution in [0.5, 0.6) is 0 Å². The SMILES string of the molecule is CCC(CNC(=O)CS(C)(=O)=O)C(=O)O. The lowest BCUT2D eigenvalue weighted by Crippen LogP contribution is -2.35. The maximum atomic E-state index is 11.0. The van der Waals surface area contributed by atoms with Crippen molar-refractivity contribution in [2.24, 2.45) is 5.92 Å². The van der Waals surface area contributed by atoms with Gasteiger partial charge in [-0.05, 0) is 6.42 Å². The van der Waals surface area contributed by atoms with Crippen molar-refractivity contribution in [2.45, 2.75) is 13.3 Å². The first-order valence-electron chi connectivity index (χ1n) is 4.43. The number of nitrogens with one attached hydrogen (secondary N) is 1. The lowest BCUT2D eigenvalue weighted by atomic mass is 10.1. The highest BCUT2D eigenvalue weighted by atomic mass is 32.2. The molecule has 6 nitrogen and oxygen atoms in total. The molecule has 0 fully saturated rings. The molecule has 0 radical (unpaired) electrons. The van der Waals surface area contributed by atoms with Crippen LogP contribution in [0.3, 0.4) is 0 Å². The molecule has 1 atom stereocenters. The number of amides is 1. The highest BCUT2D eigenvalue weighted by Gasteiger charge is 2.17. The average Bonchev–Trinajstić information content (AvgIpc) is 2.01. The van der Waals surface area contributed by atoms with E-state index in [2.05, 4.69) is 5.32 Å². The van der Waals surface area contributed by atoms with Gasteiger partial charge in [0.25, 0.3) is 0 Å². The molecular weight excluding hydrogens is 222 g/mol. The molecule has 88 valence electrons. The van der Waals surface area contributed by atoms with E-state index in [9.17, 15) is 18.0 Å². The van der Waals surface area contributed by atoms with E-state index >= 15 is 0 Å². The molecule has 0 aliphatic carbocycles. The number of carbonyl (C=O) groups excluding carboxylic acids is 1. The van der Waals surface area contributed by atoms with Gasteiger partial charge in [-0.2, -0.15) is 0 Å². The van der Waals surface area contributed by atoms with Crippen molar-refractivity contribution in [3.63, 3.8) is 0 Å². The van der Waals surface area contributed by atoms with Gasteiger partial charge in [0, 0.05) is 12.8 Å². The van der Waals surface area contributed by atoms with Crippen LogP contribution < -0.4 is 5.32 Å². The van der Waals surface area contributed by atoms with Gasteiger partial charge in [0.05, 0.1) is 5.92 Å². The monoisotopic (exact) mass is 237 g/mol. The fraction of sp³-hybridized carbons (Fsp3) is 0.750. The minimum Gasteiger partial charge on any atom is -0.481 e. The Labute approximate surface area is 88.6 Å². The zero-order valence-electron chi connectivity index (χ0n) is 8.69. The van der Waals surface area contributed by atoms with Gasteiger partial charge in [0.2, 0.25) is 5.91 Å². The van der Waals surface area contributed by atoms with Crippen molar-refractivity contribution in [3.8, 4) is 0 Å². The number of carboxylic acid groups (broad SMARTS) is 1.